The summed E-state index contributed by atoms with van der Waals surface area (Å²) >= 11 is 1.43. The highest BCUT2D eigenvalue weighted by atomic mass is 32.2. The molecule has 1 amide bonds. The Morgan fingerprint density at radius 1 is 1.21 bits per heavy atom. The Morgan fingerprint density at radius 2 is 1.86 bits per heavy atom. The van der Waals surface area contributed by atoms with Crippen molar-refractivity contribution in [2.75, 3.05) is 0 Å². The van der Waals surface area contributed by atoms with E-state index in [1.807, 2.05) is 31.2 Å². The van der Waals surface area contributed by atoms with Crippen LogP contribution in [0.1, 0.15) is 74.7 Å². The molecule has 150 valence electrons. The highest BCUT2D eigenvalue weighted by Crippen LogP contribution is 2.40. The van der Waals surface area contributed by atoms with Crippen LogP contribution in [0.25, 0.3) is 0 Å². The molecule has 3 rings (SSSR count). The molecule has 0 radical (unpaired) electrons. The van der Waals surface area contributed by atoms with Gasteiger partial charge in [-0.3, -0.25) is 9.59 Å². The Bertz CT molecular complexity index is 864. The third-order valence-electron chi connectivity index (χ3n) is 4.93. The molecule has 1 aromatic heterocycles. The lowest BCUT2D eigenvalue weighted by Crippen LogP contribution is -2.16. The SMILES string of the molecule is C[C@H](Sc1nnc(CCC(N)=O)n1C1CC1)C(=O)c1ccc(C(C)(C)C)cc1. The van der Waals surface area contributed by atoms with Gasteiger partial charge in [-0.1, -0.05) is 56.8 Å². The summed E-state index contributed by atoms with van der Waals surface area (Å²) in [6.07, 6.45) is 2.89. The smallest absolute Gasteiger partial charge is 0.217 e. The quantitative estimate of drug-likeness (QED) is 0.539. The maximum atomic E-state index is 12.9. The number of thioether (sulfide) groups is 1. The number of benzene rings is 1. The van der Waals surface area contributed by atoms with Crippen LogP contribution in [0.2, 0.25) is 0 Å². The molecule has 1 heterocycles. The first-order chi connectivity index (χ1) is 13.2. The number of rotatable bonds is 8. The summed E-state index contributed by atoms with van der Waals surface area (Å²) in [5, 5.41) is 9.01. The first-order valence-electron chi connectivity index (χ1n) is 9.70. The van der Waals surface area contributed by atoms with E-state index in [1.165, 1.54) is 17.3 Å². The number of aryl methyl sites for hydroxylation is 1. The topological polar surface area (TPSA) is 90.9 Å². The number of carbonyl (C=O) groups excluding carboxylic acids is 2. The fourth-order valence-electron chi connectivity index (χ4n) is 3.07. The predicted octanol–water partition coefficient (Wildman–Crippen LogP) is 3.69. The second-order valence-electron chi connectivity index (χ2n) is 8.42. The molecule has 1 fully saturated rings. The van der Waals surface area contributed by atoms with Gasteiger partial charge in [0.25, 0.3) is 0 Å². The van der Waals surface area contributed by atoms with E-state index in [0.717, 1.165) is 23.8 Å². The Labute approximate surface area is 170 Å². The number of ketones is 1. The van der Waals surface area contributed by atoms with Gasteiger partial charge in [-0.25, -0.2) is 0 Å². The lowest BCUT2D eigenvalue weighted by Gasteiger charge is -2.19. The van der Waals surface area contributed by atoms with Gasteiger partial charge in [0.1, 0.15) is 5.82 Å². The van der Waals surface area contributed by atoms with Crippen molar-refractivity contribution in [1.29, 1.82) is 0 Å². The molecule has 7 heteroatoms. The molecular formula is C21H28N4O2S. The van der Waals surface area contributed by atoms with Crippen LogP contribution in [0, 0.1) is 0 Å². The van der Waals surface area contributed by atoms with E-state index in [1.54, 1.807) is 0 Å². The fraction of sp³-hybridized carbons (Fsp3) is 0.524. The molecule has 2 aromatic rings. The van der Waals surface area contributed by atoms with Crippen LogP contribution in [0.5, 0.6) is 0 Å². The molecule has 0 aliphatic heterocycles. The minimum Gasteiger partial charge on any atom is -0.370 e. The van der Waals surface area contributed by atoms with Crippen LogP contribution in [0.15, 0.2) is 29.4 Å². The van der Waals surface area contributed by atoms with Gasteiger partial charge in [-0.05, 0) is 30.7 Å². The van der Waals surface area contributed by atoms with Crippen molar-refractivity contribution in [2.24, 2.45) is 5.73 Å². The van der Waals surface area contributed by atoms with E-state index < -0.39 is 0 Å². The van der Waals surface area contributed by atoms with Crippen molar-refractivity contribution < 1.29 is 9.59 Å². The Morgan fingerprint density at radius 3 is 2.39 bits per heavy atom. The van der Waals surface area contributed by atoms with Crippen LogP contribution in [-0.4, -0.2) is 31.7 Å². The van der Waals surface area contributed by atoms with Crippen LogP contribution in [0.3, 0.4) is 0 Å². The van der Waals surface area contributed by atoms with E-state index in [-0.39, 0.29) is 28.8 Å². The molecular weight excluding hydrogens is 372 g/mol. The Kier molecular flexibility index (Phi) is 5.93. The molecule has 1 atom stereocenters. The molecule has 0 spiro atoms. The third kappa shape index (κ3) is 4.82. The molecule has 28 heavy (non-hydrogen) atoms. The number of hydrogen-bond donors (Lipinski definition) is 1. The standard InChI is InChI=1S/C21H28N4O2S/c1-13(19(27)14-5-7-15(8-6-14)21(2,3)4)28-20-24-23-18(12-11-17(22)26)25(20)16-9-10-16/h5-8,13,16H,9-12H2,1-4H3,(H2,22,26)/t13-/m0/s1. The van der Waals surface area contributed by atoms with Gasteiger partial charge >= 0.3 is 0 Å². The molecule has 0 unspecified atom stereocenters. The number of nitrogens with zero attached hydrogens (tertiary/aromatic N) is 3. The molecule has 2 N–H and O–H groups in total. The molecule has 0 bridgehead atoms. The van der Waals surface area contributed by atoms with Gasteiger partial charge in [-0.2, -0.15) is 0 Å². The molecule has 6 nitrogen and oxygen atoms in total. The van der Waals surface area contributed by atoms with E-state index in [2.05, 4.69) is 35.5 Å². The molecule has 0 saturated heterocycles. The largest absolute Gasteiger partial charge is 0.370 e. The van der Waals surface area contributed by atoms with Crippen molar-refractivity contribution in [3.63, 3.8) is 0 Å². The molecule has 1 saturated carbocycles. The third-order valence-corrected chi connectivity index (χ3v) is 5.99. The van der Waals surface area contributed by atoms with E-state index >= 15 is 0 Å². The Hall–Kier alpha value is -2.15. The lowest BCUT2D eigenvalue weighted by atomic mass is 9.86. The van der Waals surface area contributed by atoms with Crippen molar-refractivity contribution in [1.82, 2.24) is 14.8 Å². The highest BCUT2D eigenvalue weighted by molar-refractivity contribution is 8.00. The van der Waals surface area contributed by atoms with Crippen molar-refractivity contribution in [3.8, 4) is 0 Å². The van der Waals surface area contributed by atoms with Gasteiger partial charge in [0.15, 0.2) is 10.9 Å². The summed E-state index contributed by atoms with van der Waals surface area (Å²) in [5.74, 6) is 0.509. The van der Waals surface area contributed by atoms with Gasteiger partial charge in [0.05, 0.1) is 5.25 Å². The summed E-state index contributed by atoms with van der Waals surface area (Å²) in [6, 6.07) is 8.24. The number of amides is 1. The van der Waals surface area contributed by atoms with E-state index in [4.69, 9.17) is 5.73 Å². The minimum absolute atomic E-state index is 0.0595. The van der Waals surface area contributed by atoms with Crippen molar-refractivity contribution >= 4 is 23.5 Å². The zero-order valence-corrected chi connectivity index (χ0v) is 17.8. The zero-order chi connectivity index (χ0) is 20.5. The summed E-state index contributed by atoms with van der Waals surface area (Å²) in [6.45, 7) is 8.37. The second kappa shape index (κ2) is 8.07. The number of aromatic nitrogens is 3. The Balaban J connectivity index is 1.73. The zero-order valence-electron chi connectivity index (χ0n) is 16.9. The number of hydrogen-bond acceptors (Lipinski definition) is 5. The highest BCUT2D eigenvalue weighted by Gasteiger charge is 2.31. The molecule has 1 aromatic carbocycles. The monoisotopic (exact) mass is 400 g/mol. The van der Waals surface area contributed by atoms with E-state index in [0.29, 0.717) is 18.0 Å². The number of carbonyl (C=O) groups is 2. The van der Waals surface area contributed by atoms with Crippen LogP contribution in [0.4, 0.5) is 0 Å². The van der Waals surface area contributed by atoms with Crippen molar-refractivity contribution in [3.05, 3.63) is 41.2 Å². The van der Waals surface area contributed by atoms with Gasteiger partial charge < -0.3 is 10.3 Å². The van der Waals surface area contributed by atoms with Gasteiger partial charge in [0, 0.05) is 24.4 Å². The normalized spacial score (nSPS) is 15.4. The fourth-order valence-corrected chi connectivity index (χ4v) is 4.09. The number of nitrogens with two attached hydrogens (primary N) is 1. The van der Waals surface area contributed by atoms with Crippen molar-refractivity contribution in [2.45, 2.75) is 75.2 Å². The molecule has 1 aliphatic rings. The minimum atomic E-state index is -0.346. The van der Waals surface area contributed by atoms with Crippen LogP contribution >= 0.6 is 11.8 Å². The molecule has 1 aliphatic carbocycles. The average Bonchev–Trinajstić information content (AvgIpc) is 3.40. The summed E-state index contributed by atoms with van der Waals surface area (Å²) < 4.78 is 2.08. The lowest BCUT2D eigenvalue weighted by molar-refractivity contribution is -0.118. The summed E-state index contributed by atoms with van der Waals surface area (Å²) in [4.78, 5) is 24.0. The number of Topliss-reactive ketones (excluding diaryl/α,β-unsaturated/α-hetero) is 1. The second-order valence-corrected chi connectivity index (χ2v) is 9.73. The first kappa shape index (κ1) is 20.6. The van der Waals surface area contributed by atoms with E-state index in [9.17, 15) is 9.59 Å². The van der Waals surface area contributed by atoms with Crippen LogP contribution in [-0.2, 0) is 16.6 Å². The van der Waals surface area contributed by atoms with Gasteiger partial charge in [0.2, 0.25) is 5.91 Å². The predicted molar refractivity (Wildman–Crippen MR) is 111 cm³/mol. The van der Waals surface area contributed by atoms with Crippen LogP contribution < -0.4 is 5.73 Å². The average molecular weight is 401 g/mol. The summed E-state index contributed by atoms with van der Waals surface area (Å²) in [7, 11) is 0. The maximum Gasteiger partial charge on any atom is 0.217 e. The van der Waals surface area contributed by atoms with Gasteiger partial charge in [-0.15, -0.1) is 10.2 Å². The number of primary amides is 1. The maximum absolute atomic E-state index is 12.9. The first-order valence-corrected chi connectivity index (χ1v) is 10.6. The summed E-state index contributed by atoms with van der Waals surface area (Å²) in [5.41, 5.74) is 7.24.